The van der Waals surface area contributed by atoms with Gasteiger partial charge in [0.15, 0.2) is 0 Å². The topological polar surface area (TPSA) is 67.3 Å². The number of methoxy groups -OCH3 is 1. The number of nitrogens with zero attached hydrogens (tertiary/aromatic N) is 3. The molecule has 11 heteroatoms. The lowest BCUT2D eigenvalue weighted by atomic mass is 10.2. The molecule has 30 heavy (non-hydrogen) atoms. The van der Waals surface area contributed by atoms with Crippen molar-refractivity contribution in [1.29, 1.82) is 0 Å². The first-order chi connectivity index (χ1) is 14.1. The van der Waals surface area contributed by atoms with Crippen LogP contribution in [0.5, 0.6) is 5.75 Å². The number of anilines is 3. The molecule has 158 valence electrons. The van der Waals surface area contributed by atoms with Gasteiger partial charge < -0.3 is 15.0 Å². The van der Waals surface area contributed by atoms with Gasteiger partial charge in [-0.2, -0.15) is 13.2 Å². The summed E-state index contributed by atoms with van der Waals surface area (Å²) in [7, 11) is 2.85. The Balaban J connectivity index is 2.16. The zero-order valence-corrected chi connectivity index (χ0v) is 16.5. The summed E-state index contributed by atoms with van der Waals surface area (Å²) in [6.45, 7) is 0. The third-order valence-electron chi connectivity index (χ3n) is 4.17. The van der Waals surface area contributed by atoms with E-state index in [9.17, 15) is 22.4 Å². The molecule has 0 atom stereocenters. The van der Waals surface area contributed by atoms with E-state index < -0.39 is 23.7 Å². The van der Waals surface area contributed by atoms with Crippen LogP contribution >= 0.6 is 11.6 Å². The lowest BCUT2D eigenvalue weighted by Crippen LogP contribution is -2.18. The van der Waals surface area contributed by atoms with Crippen LogP contribution in [0, 0.1) is 5.82 Å². The summed E-state index contributed by atoms with van der Waals surface area (Å²) >= 11 is 5.51. The second kappa shape index (κ2) is 8.31. The molecule has 3 rings (SSSR count). The molecule has 0 unspecified atom stereocenters. The molecular formula is C19H15ClF4N4O2. The maximum atomic E-state index is 13.8. The Bertz CT molecular complexity index is 1110. The molecule has 0 bridgehead atoms. The van der Waals surface area contributed by atoms with Gasteiger partial charge in [0.25, 0.3) is 0 Å². The Morgan fingerprint density at radius 1 is 1.20 bits per heavy atom. The van der Waals surface area contributed by atoms with Crippen LogP contribution in [0.2, 0.25) is 0 Å². The number of ether oxygens (including phenoxy) is 1. The first-order valence-corrected chi connectivity index (χ1v) is 8.99. The van der Waals surface area contributed by atoms with E-state index in [2.05, 4.69) is 15.3 Å². The van der Waals surface area contributed by atoms with Crippen molar-refractivity contribution in [2.45, 2.75) is 6.18 Å². The van der Waals surface area contributed by atoms with Gasteiger partial charge in [0.05, 0.1) is 18.3 Å². The van der Waals surface area contributed by atoms with Gasteiger partial charge in [0.1, 0.15) is 23.3 Å². The number of rotatable bonds is 5. The van der Waals surface area contributed by atoms with Crippen LogP contribution < -0.4 is 15.0 Å². The van der Waals surface area contributed by atoms with Crippen molar-refractivity contribution in [3.63, 3.8) is 0 Å². The van der Waals surface area contributed by atoms with Gasteiger partial charge in [0.2, 0.25) is 11.7 Å². The second-order valence-corrected chi connectivity index (χ2v) is 6.42. The second-order valence-electron chi connectivity index (χ2n) is 6.16. The van der Waals surface area contributed by atoms with Crippen LogP contribution in [0.4, 0.5) is 34.8 Å². The van der Waals surface area contributed by atoms with E-state index >= 15 is 0 Å². The van der Waals surface area contributed by atoms with Gasteiger partial charge in [-0.05, 0) is 36.4 Å². The fraction of sp³-hybridized carbons (Fsp3) is 0.211. The van der Waals surface area contributed by atoms with Gasteiger partial charge in [-0.15, -0.1) is 11.6 Å². The summed E-state index contributed by atoms with van der Waals surface area (Å²) in [6.07, 6.45) is -4.79. The van der Waals surface area contributed by atoms with Crippen molar-refractivity contribution >= 4 is 45.6 Å². The Kier molecular flexibility index (Phi) is 5.97. The number of carbonyl (C=O) groups is 1. The quantitative estimate of drug-likeness (QED) is 0.456. The summed E-state index contributed by atoms with van der Waals surface area (Å²) in [5.74, 6) is -2.64. The highest BCUT2D eigenvalue weighted by molar-refractivity contribution is 6.29. The van der Waals surface area contributed by atoms with Crippen LogP contribution in [0.3, 0.4) is 0 Å². The van der Waals surface area contributed by atoms with Crippen LogP contribution in [0.15, 0.2) is 36.4 Å². The van der Waals surface area contributed by atoms with Crippen LogP contribution in [-0.4, -0.2) is 35.9 Å². The molecule has 0 saturated heterocycles. The van der Waals surface area contributed by atoms with Crippen molar-refractivity contribution in [2.75, 3.05) is 30.3 Å². The molecule has 6 nitrogen and oxygen atoms in total. The van der Waals surface area contributed by atoms with Gasteiger partial charge in [-0.25, -0.2) is 14.4 Å². The molecule has 1 aromatic heterocycles. The lowest BCUT2D eigenvalue weighted by Gasteiger charge is -2.22. The summed E-state index contributed by atoms with van der Waals surface area (Å²) in [5.41, 5.74) is 0.552. The molecule has 1 amide bonds. The monoisotopic (exact) mass is 442 g/mol. The highest BCUT2D eigenvalue weighted by Crippen LogP contribution is 2.36. The molecular weight excluding hydrogens is 428 g/mol. The van der Waals surface area contributed by atoms with Crippen LogP contribution in [0.25, 0.3) is 10.9 Å². The van der Waals surface area contributed by atoms with Crippen molar-refractivity contribution in [3.8, 4) is 5.75 Å². The summed E-state index contributed by atoms with van der Waals surface area (Å²) < 4.78 is 58.8. The predicted molar refractivity (Wildman–Crippen MR) is 105 cm³/mol. The molecule has 0 spiro atoms. The van der Waals surface area contributed by atoms with E-state index in [0.717, 1.165) is 18.2 Å². The number of halogens is 5. The number of fused-ring (bicyclic) bond motifs is 1. The van der Waals surface area contributed by atoms with E-state index in [1.165, 1.54) is 31.2 Å². The summed E-state index contributed by atoms with van der Waals surface area (Å²) in [6, 6.07) is 7.77. The van der Waals surface area contributed by atoms with E-state index in [1.54, 1.807) is 6.07 Å². The number of aromatic nitrogens is 2. The predicted octanol–water partition coefficient (Wildman–Crippen LogP) is 4.74. The van der Waals surface area contributed by atoms with Gasteiger partial charge in [0, 0.05) is 18.1 Å². The fourth-order valence-electron chi connectivity index (χ4n) is 2.78. The summed E-state index contributed by atoms with van der Waals surface area (Å²) in [4.78, 5) is 20.1. The van der Waals surface area contributed by atoms with Gasteiger partial charge >= 0.3 is 6.18 Å². The molecule has 0 aliphatic rings. The number of alkyl halides is 4. The minimum absolute atomic E-state index is 0.0650. The van der Waals surface area contributed by atoms with Crippen LogP contribution in [-0.2, 0) is 11.0 Å². The molecule has 0 aliphatic heterocycles. The average Bonchev–Trinajstić information content (AvgIpc) is 2.71. The number of carbonyl (C=O) groups excluding carboxylic acids is 1. The standard InChI is InChI=1S/C19H15ClF4N4O2/c1-28(11-4-6-15(30-2)14(8-11)25-16(29)9-20)17-12-7-10(21)3-5-13(12)26-18(27-17)19(22,23)24/h3-8H,9H2,1-2H3,(H,25,29). The van der Waals surface area contributed by atoms with Gasteiger partial charge in [-0.3, -0.25) is 4.79 Å². The van der Waals surface area contributed by atoms with Gasteiger partial charge in [-0.1, -0.05) is 0 Å². The van der Waals surface area contributed by atoms with E-state index in [-0.39, 0.29) is 28.3 Å². The highest BCUT2D eigenvalue weighted by atomic mass is 35.5. The molecule has 3 aromatic rings. The first kappa shape index (κ1) is 21.6. The first-order valence-electron chi connectivity index (χ1n) is 8.46. The molecule has 0 aliphatic carbocycles. The molecule has 1 N–H and O–H groups in total. The number of hydrogen-bond acceptors (Lipinski definition) is 5. The lowest BCUT2D eigenvalue weighted by molar-refractivity contribution is -0.144. The Morgan fingerprint density at radius 3 is 2.57 bits per heavy atom. The van der Waals surface area contributed by atoms with Crippen molar-refractivity contribution < 1.29 is 27.1 Å². The Morgan fingerprint density at radius 2 is 1.93 bits per heavy atom. The number of nitrogens with one attached hydrogen (secondary N) is 1. The van der Waals surface area contributed by atoms with E-state index in [0.29, 0.717) is 11.4 Å². The Labute approximate surface area is 173 Å². The van der Waals surface area contributed by atoms with Crippen LogP contribution in [0.1, 0.15) is 5.82 Å². The van der Waals surface area contributed by atoms with E-state index in [4.69, 9.17) is 16.3 Å². The number of hydrogen-bond donors (Lipinski definition) is 1. The zero-order chi connectivity index (χ0) is 22.1. The SMILES string of the molecule is COc1ccc(N(C)c2nc(C(F)(F)F)nc3ccc(F)cc23)cc1NC(=O)CCl. The third-order valence-corrected chi connectivity index (χ3v) is 4.42. The molecule has 0 saturated carbocycles. The van der Waals surface area contributed by atoms with Crippen molar-refractivity contribution in [1.82, 2.24) is 9.97 Å². The van der Waals surface area contributed by atoms with E-state index in [1.807, 2.05) is 0 Å². The smallest absolute Gasteiger partial charge is 0.451 e. The third kappa shape index (κ3) is 4.38. The average molecular weight is 443 g/mol. The zero-order valence-electron chi connectivity index (χ0n) is 15.7. The fourth-order valence-corrected chi connectivity index (χ4v) is 2.84. The maximum absolute atomic E-state index is 13.8. The maximum Gasteiger partial charge on any atom is 0.451 e. The Hall–Kier alpha value is -3.14. The highest BCUT2D eigenvalue weighted by Gasteiger charge is 2.36. The molecule has 2 aromatic carbocycles. The van der Waals surface area contributed by atoms with Crippen molar-refractivity contribution in [2.24, 2.45) is 0 Å². The minimum Gasteiger partial charge on any atom is -0.495 e. The normalized spacial score (nSPS) is 11.4. The molecule has 0 fully saturated rings. The largest absolute Gasteiger partial charge is 0.495 e. The minimum atomic E-state index is -4.79. The number of benzene rings is 2. The molecule has 0 radical (unpaired) electrons. The van der Waals surface area contributed by atoms with Crippen molar-refractivity contribution in [3.05, 3.63) is 48.0 Å². The summed E-state index contributed by atoms with van der Waals surface area (Å²) in [5, 5.41) is 2.63. The number of amides is 1. The molecule has 1 heterocycles.